The molecule has 9 heteroatoms. The Bertz CT molecular complexity index is 1040. The fraction of sp³-hybridized carbons (Fsp3) is 0.200. The number of hydrogen-bond donors (Lipinski definition) is 2. The summed E-state index contributed by atoms with van der Waals surface area (Å²) in [6.07, 6.45) is 0. The third-order valence-corrected chi connectivity index (χ3v) is 4.97. The molecule has 0 atom stereocenters. The number of benzene rings is 2. The number of fused-ring (bicyclic) bond motifs is 1. The van der Waals surface area contributed by atoms with Gasteiger partial charge in [0.1, 0.15) is 13.2 Å². The monoisotopic (exact) mass is 413 g/mol. The van der Waals surface area contributed by atoms with Gasteiger partial charge in [0.25, 0.3) is 0 Å². The predicted octanol–water partition coefficient (Wildman–Crippen LogP) is 4.24. The second-order valence-electron chi connectivity index (χ2n) is 6.02. The zero-order chi connectivity index (χ0) is 20.2. The van der Waals surface area contributed by atoms with Crippen molar-refractivity contribution in [2.45, 2.75) is 0 Å². The first-order valence-corrected chi connectivity index (χ1v) is 9.70. The van der Waals surface area contributed by atoms with Crippen molar-refractivity contribution in [3.8, 4) is 34.3 Å². The zero-order valence-corrected chi connectivity index (χ0v) is 16.7. The summed E-state index contributed by atoms with van der Waals surface area (Å²) in [7, 11) is 3.05. The molecule has 0 spiro atoms. The van der Waals surface area contributed by atoms with E-state index in [0.717, 1.165) is 17.0 Å². The van der Waals surface area contributed by atoms with Gasteiger partial charge in [-0.05, 0) is 30.3 Å². The van der Waals surface area contributed by atoms with E-state index in [1.54, 1.807) is 18.2 Å². The highest BCUT2D eigenvalue weighted by Gasteiger charge is 2.16. The lowest BCUT2D eigenvalue weighted by Crippen LogP contribution is -2.19. The van der Waals surface area contributed by atoms with Crippen LogP contribution >= 0.6 is 11.3 Å². The molecular weight excluding hydrogens is 394 g/mol. The molecule has 0 saturated heterocycles. The van der Waals surface area contributed by atoms with Crippen molar-refractivity contribution < 1.29 is 23.7 Å². The highest BCUT2D eigenvalue weighted by atomic mass is 32.1. The van der Waals surface area contributed by atoms with E-state index in [1.807, 2.05) is 23.6 Å². The molecule has 3 aromatic rings. The molecule has 8 nitrogen and oxygen atoms in total. The van der Waals surface area contributed by atoms with Crippen molar-refractivity contribution in [1.82, 2.24) is 4.98 Å². The van der Waals surface area contributed by atoms with E-state index >= 15 is 0 Å². The van der Waals surface area contributed by atoms with Crippen LogP contribution in [-0.4, -0.2) is 38.4 Å². The van der Waals surface area contributed by atoms with Gasteiger partial charge in [0.15, 0.2) is 28.1 Å². The summed E-state index contributed by atoms with van der Waals surface area (Å²) in [6, 6.07) is 10.5. The smallest absolute Gasteiger partial charge is 0.325 e. The van der Waals surface area contributed by atoms with Crippen molar-refractivity contribution in [3.63, 3.8) is 0 Å². The standard InChI is InChI=1S/C20H19N3O5S/c1-25-16-5-3-4-13(18(16)26-2)21-19(24)23-20-22-14(11-29-20)12-6-7-15-17(10-12)28-9-8-27-15/h3-7,10-11H,8-9H2,1-2H3,(H2,21,22,23,24). The van der Waals surface area contributed by atoms with Gasteiger partial charge in [0, 0.05) is 10.9 Å². The number of aromatic nitrogens is 1. The number of amides is 2. The fourth-order valence-corrected chi connectivity index (χ4v) is 3.62. The minimum atomic E-state index is -0.431. The average Bonchev–Trinajstić information content (AvgIpc) is 3.21. The summed E-state index contributed by atoms with van der Waals surface area (Å²) in [5.41, 5.74) is 2.11. The van der Waals surface area contributed by atoms with Gasteiger partial charge in [0.05, 0.1) is 25.6 Å². The number of nitrogens with one attached hydrogen (secondary N) is 2. The Morgan fingerprint density at radius 2 is 1.90 bits per heavy atom. The fourth-order valence-electron chi connectivity index (χ4n) is 2.90. The second-order valence-corrected chi connectivity index (χ2v) is 6.87. The van der Waals surface area contributed by atoms with Crippen LogP contribution in [0.25, 0.3) is 11.3 Å². The van der Waals surface area contributed by atoms with Crippen LogP contribution in [0.1, 0.15) is 0 Å². The second kappa shape index (κ2) is 8.27. The van der Waals surface area contributed by atoms with Gasteiger partial charge < -0.3 is 24.3 Å². The van der Waals surface area contributed by atoms with Gasteiger partial charge in [-0.2, -0.15) is 0 Å². The molecule has 1 aromatic heterocycles. The van der Waals surface area contributed by atoms with Crippen LogP contribution in [0.4, 0.5) is 15.6 Å². The van der Waals surface area contributed by atoms with Crippen molar-refractivity contribution in [3.05, 3.63) is 41.8 Å². The molecule has 0 unspecified atom stereocenters. The number of carbonyl (C=O) groups is 1. The SMILES string of the molecule is COc1cccc(NC(=O)Nc2nc(-c3ccc4c(c3)OCCO4)cs2)c1OC. The van der Waals surface area contributed by atoms with Gasteiger partial charge in [0.2, 0.25) is 0 Å². The molecule has 0 aliphatic carbocycles. The van der Waals surface area contributed by atoms with Crippen molar-refractivity contribution in [1.29, 1.82) is 0 Å². The number of rotatable bonds is 5. The number of carbonyl (C=O) groups excluding carboxylic acids is 1. The summed E-state index contributed by atoms with van der Waals surface area (Å²) in [5.74, 6) is 2.39. The largest absolute Gasteiger partial charge is 0.493 e. The Morgan fingerprint density at radius 1 is 1.07 bits per heavy atom. The Kier molecular flexibility index (Phi) is 5.39. The molecule has 1 aliphatic heterocycles. The number of ether oxygens (including phenoxy) is 4. The van der Waals surface area contributed by atoms with E-state index in [2.05, 4.69) is 15.6 Å². The molecule has 29 heavy (non-hydrogen) atoms. The summed E-state index contributed by atoms with van der Waals surface area (Å²) >= 11 is 1.33. The first-order chi connectivity index (χ1) is 14.2. The van der Waals surface area contributed by atoms with Crippen LogP contribution < -0.4 is 29.6 Å². The lowest BCUT2D eigenvalue weighted by atomic mass is 10.1. The maximum atomic E-state index is 12.4. The molecule has 2 heterocycles. The van der Waals surface area contributed by atoms with Gasteiger partial charge in [-0.3, -0.25) is 5.32 Å². The van der Waals surface area contributed by atoms with Crippen molar-refractivity contribution >= 4 is 28.2 Å². The minimum absolute atomic E-state index is 0.431. The first-order valence-electron chi connectivity index (χ1n) is 8.82. The van der Waals surface area contributed by atoms with E-state index < -0.39 is 6.03 Å². The first kappa shape index (κ1) is 18.9. The third kappa shape index (κ3) is 4.04. The van der Waals surface area contributed by atoms with E-state index in [4.69, 9.17) is 18.9 Å². The number of anilines is 2. The summed E-state index contributed by atoms with van der Waals surface area (Å²) < 4.78 is 21.7. The van der Waals surface area contributed by atoms with Gasteiger partial charge in [-0.15, -0.1) is 11.3 Å². The Morgan fingerprint density at radius 3 is 2.69 bits per heavy atom. The van der Waals surface area contributed by atoms with Gasteiger partial charge >= 0.3 is 6.03 Å². The Balaban J connectivity index is 1.46. The molecule has 0 radical (unpaired) electrons. The lowest BCUT2D eigenvalue weighted by Gasteiger charge is -2.18. The van der Waals surface area contributed by atoms with Crippen LogP contribution in [0.3, 0.4) is 0 Å². The Labute approximate surface area is 171 Å². The molecule has 150 valence electrons. The number of para-hydroxylation sites is 1. The van der Waals surface area contributed by atoms with E-state index in [9.17, 15) is 4.79 Å². The topological polar surface area (TPSA) is 90.9 Å². The predicted molar refractivity (Wildman–Crippen MR) is 111 cm³/mol. The highest BCUT2D eigenvalue weighted by Crippen LogP contribution is 2.36. The van der Waals surface area contributed by atoms with Crippen molar-refractivity contribution in [2.75, 3.05) is 38.1 Å². The number of urea groups is 1. The van der Waals surface area contributed by atoms with E-state index in [0.29, 0.717) is 41.3 Å². The van der Waals surface area contributed by atoms with Gasteiger partial charge in [-0.1, -0.05) is 6.07 Å². The van der Waals surface area contributed by atoms with Crippen LogP contribution in [0, 0.1) is 0 Å². The van der Waals surface area contributed by atoms with E-state index in [1.165, 1.54) is 25.6 Å². The molecule has 2 N–H and O–H groups in total. The average molecular weight is 413 g/mol. The molecule has 2 aromatic carbocycles. The summed E-state index contributed by atoms with van der Waals surface area (Å²) in [6.45, 7) is 1.07. The lowest BCUT2D eigenvalue weighted by molar-refractivity contribution is 0.171. The molecular formula is C20H19N3O5S. The van der Waals surface area contributed by atoms with Crippen LogP contribution in [0.15, 0.2) is 41.8 Å². The highest BCUT2D eigenvalue weighted by molar-refractivity contribution is 7.14. The molecule has 4 rings (SSSR count). The number of thiazole rings is 1. The van der Waals surface area contributed by atoms with Crippen LogP contribution in [0.2, 0.25) is 0 Å². The molecule has 0 saturated carbocycles. The van der Waals surface area contributed by atoms with Crippen LogP contribution in [-0.2, 0) is 0 Å². The maximum Gasteiger partial charge on any atom is 0.325 e. The maximum absolute atomic E-state index is 12.4. The molecule has 0 fully saturated rings. The summed E-state index contributed by atoms with van der Waals surface area (Å²) in [4.78, 5) is 16.9. The quantitative estimate of drug-likeness (QED) is 0.650. The number of hydrogen-bond acceptors (Lipinski definition) is 7. The molecule has 0 bridgehead atoms. The molecule has 1 aliphatic rings. The number of methoxy groups -OCH3 is 2. The normalized spacial score (nSPS) is 12.2. The Hall–Kier alpha value is -3.46. The van der Waals surface area contributed by atoms with Gasteiger partial charge in [-0.25, -0.2) is 9.78 Å². The summed E-state index contributed by atoms with van der Waals surface area (Å²) in [5, 5.41) is 7.82. The molecule has 2 amide bonds. The zero-order valence-electron chi connectivity index (χ0n) is 15.9. The third-order valence-electron chi connectivity index (χ3n) is 4.21. The van der Waals surface area contributed by atoms with E-state index in [-0.39, 0.29) is 0 Å². The number of nitrogens with zero attached hydrogens (tertiary/aromatic N) is 1. The minimum Gasteiger partial charge on any atom is -0.493 e. The van der Waals surface area contributed by atoms with Crippen LogP contribution in [0.5, 0.6) is 23.0 Å². The van der Waals surface area contributed by atoms with Crippen molar-refractivity contribution in [2.24, 2.45) is 0 Å².